The zero-order valence-corrected chi connectivity index (χ0v) is 14.6. The minimum absolute atomic E-state index is 0.000738. The fourth-order valence-electron chi connectivity index (χ4n) is 2.52. The summed E-state index contributed by atoms with van der Waals surface area (Å²) in [7, 11) is 0. The molecule has 6 nitrogen and oxygen atoms in total. The van der Waals surface area contributed by atoms with Crippen molar-refractivity contribution in [1.82, 2.24) is 5.32 Å². The summed E-state index contributed by atoms with van der Waals surface area (Å²) < 4.78 is 11.1. The Morgan fingerprint density at radius 2 is 2.12 bits per heavy atom. The van der Waals surface area contributed by atoms with Crippen molar-refractivity contribution in [2.75, 3.05) is 24.6 Å². The summed E-state index contributed by atoms with van der Waals surface area (Å²) in [4.78, 5) is 26.2. The Balaban J connectivity index is 1.92. The molecule has 2 amide bonds. The molecule has 6 heteroatoms. The minimum Gasteiger partial charge on any atom is -0.478 e. The zero-order chi connectivity index (χ0) is 17.5. The van der Waals surface area contributed by atoms with Crippen molar-refractivity contribution in [2.45, 2.75) is 45.8 Å². The molecule has 0 spiro atoms. The van der Waals surface area contributed by atoms with E-state index in [1.807, 2.05) is 39.0 Å². The molecular formula is C18H26N2O4. The molecule has 1 N–H and O–H groups in total. The number of anilines is 1. The third-order valence-corrected chi connectivity index (χ3v) is 3.73. The summed E-state index contributed by atoms with van der Waals surface area (Å²) in [6.07, 6.45) is 0.966. The van der Waals surface area contributed by atoms with Gasteiger partial charge in [-0.1, -0.05) is 19.1 Å². The standard InChI is InChI=1S/C18H26N2O4/c1-4-15-18(22)20(14-8-5-6-9-16(14)24-15)12-17(21)19-10-7-11-23-13(2)3/h5-6,8-9,13,15H,4,7,10-12H2,1-3H3,(H,19,21)/t15-/m1/s1. The fourth-order valence-corrected chi connectivity index (χ4v) is 2.52. The van der Waals surface area contributed by atoms with Gasteiger partial charge in [0.05, 0.1) is 11.8 Å². The van der Waals surface area contributed by atoms with Crippen molar-refractivity contribution in [3.05, 3.63) is 24.3 Å². The normalized spacial score (nSPS) is 16.8. The molecule has 0 saturated carbocycles. The minimum atomic E-state index is -0.535. The van der Waals surface area contributed by atoms with Crippen molar-refractivity contribution >= 4 is 17.5 Å². The smallest absolute Gasteiger partial charge is 0.268 e. The van der Waals surface area contributed by atoms with Gasteiger partial charge in [-0.15, -0.1) is 0 Å². The van der Waals surface area contributed by atoms with Crippen LogP contribution in [0.2, 0.25) is 0 Å². The Bertz CT molecular complexity index is 574. The second kappa shape index (κ2) is 8.68. The Morgan fingerprint density at radius 3 is 2.83 bits per heavy atom. The van der Waals surface area contributed by atoms with Crippen molar-refractivity contribution in [3.63, 3.8) is 0 Å². The summed E-state index contributed by atoms with van der Waals surface area (Å²) in [5.41, 5.74) is 0.644. The van der Waals surface area contributed by atoms with Gasteiger partial charge in [-0.3, -0.25) is 14.5 Å². The van der Waals surface area contributed by atoms with Gasteiger partial charge in [0.2, 0.25) is 5.91 Å². The maximum absolute atomic E-state index is 12.5. The van der Waals surface area contributed by atoms with Crippen LogP contribution >= 0.6 is 0 Å². The molecule has 1 aromatic carbocycles. The lowest BCUT2D eigenvalue weighted by Gasteiger charge is -2.33. The monoisotopic (exact) mass is 334 g/mol. The highest BCUT2D eigenvalue weighted by atomic mass is 16.5. The second-order valence-corrected chi connectivity index (χ2v) is 6.03. The molecule has 0 saturated heterocycles. The molecule has 0 radical (unpaired) electrons. The van der Waals surface area contributed by atoms with E-state index in [1.54, 1.807) is 6.07 Å². The van der Waals surface area contributed by atoms with Gasteiger partial charge in [0.25, 0.3) is 5.91 Å². The third kappa shape index (κ3) is 4.71. The largest absolute Gasteiger partial charge is 0.478 e. The molecule has 24 heavy (non-hydrogen) atoms. The molecule has 0 aromatic heterocycles. The highest BCUT2D eigenvalue weighted by Gasteiger charge is 2.33. The van der Waals surface area contributed by atoms with Crippen LogP contribution in [-0.2, 0) is 14.3 Å². The third-order valence-electron chi connectivity index (χ3n) is 3.73. The first-order valence-corrected chi connectivity index (χ1v) is 8.48. The highest BCUT2D eigenvalue weighted by molar-refractivity contribution is 6.03. The first-order chi connectivity index (χ1) is 11.5. The number of fused-ring (bicyclic) bond motifs is 1. The van der Waals surface area contributed by atoms with Gasteiger partial charge in [-0.2, -0.15) is 0 Å². The van der Waals surface area contributed by atoms with Gasteiger partial charge < -0.3 is 14.8 Å². The predicted molar refractivity (Wildman–Crippen MR) is 92.2 cm³/mol. The molecular weight excluding hydrogens is 308 g/mol. The molecule has 1 aliphatic heterocycles. The molecule has 132 valence electrons. The molecule has 2 rings (SSSR count). The SMILES string of the molecule is CC[C@H]1Oc2ccccc2N(CC(=O)NCCCOC(C)C)C1=O. The van der Waals surface area contributed by atoms with E-state index >= 15 is 0 Å². The molecule has 1 aliphatic rings. The topological polar surface area (TPSA) is 67.9 Å². The molecule has 1 atom stereocenters. The molecule has 0 aliphatic carbocycles. The van der Waals surface area contributed by atoms with Crippen LogP contribution < -0.4 is 15.0 Å². The van der Waals surface area contributed by atoms with Gasteiger partial charge >= 0.3 is 0 Å². The first kappa shape index (κ1) is 18.3. The second-order valence-electron chi connectivity index (χ2n) is 6.03. The lowest BCUT2D eigenvalue weighted by Crippen LogP contribution is -2.49. The Labute approximate surface area is 143 Å². The lowest BCUT2D eigenvalue weighted by molar-refractivity contribution is -0.129. The molecule has 0 unspecified atom stereocenters. The van der Waals surface area contributed by atoms with E-state index in [0.717, 1.165) is 6.42 Å². The van der Waals surface area contributed by atoms with Crippen LogP contribution in [0.1, 0.15) is 33.6 Å². The summed E-state index contributed by atoms with van der Waals surface area (Å²) >= 11 is 0. The number of nitrogens with zero attached hydrogens (tertiary/aromatic N) is 1. The van der Waals surface area contributed by atoms with E-state index < -0.39 is 6.10 Å². The van der Waals surface area contributed by atoms with E-state index in [9.17, 15) is 9.59 Å². The average molecular weight is 334 g/mol. The van der Waals surface area contributed by atoms with Crippen LogP contribution in [-0.4, -0.2) is 43.7 Å². The number of nitrogens with one attached hydrogen (secondary N) is 1. The van der Waals surface area contributed by atoms with Crippen LogP contribution in [0, 0.1) is 0 Å². The number of amides is 2. The van der Waals surface area contributed by atoms with Crippen LogP contribution in [0.15, 0.2) is 24.3 Å². The number of benzene rings is 1. The van der Waals surface area contributed by atoms with E-state index in [1.165, 1.54) is 4.90 Å². The summed E-state index contributed by atoms with van der Waals surface area (Å²) in [5.74, 6) is 0.288. The number of hydrogen-bond donors (Lipinski definition) is 1. The number of ether oxygens (including phenoxy) is 2. The summed E-state index contributed by atoms with van der Waals surface area (Å²) in [6.45, 7) is 6.98. The van der Waals surface area contributed by atoms with Crippen molar-refractivity contribution in [1.29, 1.82) is 0 Å². The predicted octanol–water partition coefficient (Wildman–Crippen LogP) is 2.12. The number of rotatable bonds is 8. The van der Waals surface area contributed by atoms with E-state index in [4.69, 9.17) is 9.47 Å². The van der Waals surface area contributed by atoms with E-state index in [-0.39, 0.29) is 24.5 Å². The molecule has 1 aromatic rings. The highest BCUT2D eigenvalue weighted by Crippen LogP contribution is 2.34. The number of hydrogen-bond acceptors (Lipinski definition) is 4. The molecule has 1 heterocycles. The number of carbonyl (C=O) groups excluding carboxylic acids is 2. The Morgan fingerprint density at radius 1 is 1.38 bits per heavy atom. The summed E-state index contributed by atoms with van der Waals surface area (Å²) in [6, 6.07) is 7.30. The average Bonchev–Trinajstić information content (AvgIpc) is 2.56. The van der Waals surface area contributed by atoms with Gasteiger partial charge in [0, 0.05) is 13.2 Å². The van der Waals surface area contributed by atoms with Crippen molar-refractivity contribution in [2.24, 2.45) is 0 Å². The van der Waals surface area contributed by atoms with Gasteiger partial charge in [0.1, 0.15) is 12.3 Å². The zero-order valence-electron chi connectivity index (χ0n) is 14.6. The van der Waals surface area contributed by atoms with Gasteiger partial charge in [-0.05, 0) is 38.8 Å². The van der Waals surface area contributed by atoms with Crippen molar-refractivity contribution in [3.8, 4) is 5.75 Å². The van der Waals surface area contributed by atoms with Crippen LogP contribution in [0.5, 0.6) is 5.75 Å². The molecule has 0 fully saturated rings. The Kier molecular flexibility index (Phi) is 6.61. The lowest BCUT2D eigenvalue weighted by atomic mass is 10.1. The quantitative estimate of drug-likeness (QED) is 0.740. The van der Waals surface area contributed by atoms with E-state index in [2.05, 4.69) is 5.32 Å². The van der Waals surface area contributed by atoms with Gasteiger partial charge in [-0.25, -0.2) is 0 Å². The number of para-hydroxylation sites is 2. The summed E-state index contributed by atoms with van der Waals surface area (Å²) in [5, 5.41) is 2.83. The van der Waals surface area contributed by atoms with Crippen LogP contribution in [0.3, 0.4) is 0 Å². The Hall–Kier alpha value is -2.08. The molecule has 0 bridgehead atoms. The van der Waals surface area contributed by atoms with Crippen LogP contribution in [0.4, 0.5) is 5.69 Å². The van der Waals surface area contributed by atoms with Gasteiger partial charge in [0.15, 0.2) is 6.10 Å². The maximum atomic E-state index is 12.5. The first-order valence-electron chi connectivity index (χ1n) is 8.48. The van der Waals surface area contributed by atoms with Crippen molar-refractivity contribution < 1.29 is 19.1 Å². The fraction of sp³-hybridized carbons (Fsp3) is 0.556. The number of carbonyl (C=O) groups is 2. The van der Waals surface area contributed by atoms with E-state index in [0.29, 0.717) is 31.0 Å². The van der Waals surface area contributed by atoms with Crippen LogP contribution in [0.25, 0.3) is 0 Å². The maximum Gasteiger partial charge on any atom is 0.268 e.